The minimum Gasteiger partial charge on any atom is -0.320 e. The fraction of sp³-hybridized carbons (Fsp3) is 0.267. The van der Waals surface area contributed by atoms with Crippen LogP contribution in [-0.4, -0.2) is 4.57 Å². The molecule has 1 aromatic heterocycles. The molecule has 4 heteroatoms. The quantitative estimate of drug-likeness (QED) is 0.918. The molecule has 0 spiro atoms. The standard InChI is InChI=1S/C15H15FN2O/c16-11-5-3-10(4-6-11)14(17)13-2-1-9-18(15(13)19)12-7-8-12/h1-6,9,12,14H,7-8,17H2. The third-order valence-electron chi connectivity index (χ3n) is 3.51. The lowest BCUT2D eigenvalue weighted by molar-refractivity contribution is 0.626. The van der Waals surface area contributed by atoms with E-state index in [1.807, 2.05) is 6.07 Å². The van der Waals surface area contributed by atoms with E-state index in [1.165, 1.54) is 12.1 Å². The molecule has 1 heterocycles. The zero-order chi connectivity index (χ0) is 13.4. The first-order valence-corrected chi connectivity index (χ1v) is 6.39. The molecule has 1 aliphatic rings. The van der Waals surface area contributed by atoms with E-state index >= 15 is 0 Å². The van der Waals surface area contributed by atoms with Crippen molar-refractivity contribution in [2.24, 2.45) is 5.73 Å². The molecule has 0 radical (unpaired) electrons. The zero-order valence-corrected chi connectivity index (χ0v) is 10.4. The van der Waals surface area contributed by atoms with E-state index in [-0.39, 0.29) is 11.4 Å². The second-order valence-electron chi connectivity index (χ2n) is 4.94. The van der Waals surface area contributed by atoms with Gasteiger partial charge in [0.1, 0.15) is 5.82 Å². The molecule has 1 unspecified atom stereocenters. The van der Waals surface area contributed by atoms with Crippen LogP contribution in [0.25, 0.3) is 0 Å². The Kier molecular flexibility index (Phi) is 2.95. The average Bonchev–Trinajstić information content (AvgIpc) is 3.23. The van der Waals surface area contributed by atoms with E-state index in [0.29, 0.717) is 11.6 Å². The number of hydrogen-bond acceptors (Lipinski definition) is 2. The van der Waals surface area contributed by atoms with Gasteiger partial charge < -0.3 is 10.3 Å². The number of hydrogen-bond donors (Lipinski definition) is 1. The first-order valence-electron chi connectivity index (χ1n) is 6.39. The van der Waals surface area contributed by atoms with Gasteiger partial charge in [-0.3, -0.25) is 4.79 Å². The second-order valence-corrected chi connectivity index (χ2v) is 4.94. The molecule has 1 aromatic carbocycles. The topological polar surface area (TPSA) is 48.0 Å². The summed E-state index contributed by atoms with van der Waals surface area (Å²) >= 11 is 0. The zero-order valence-electron chi connectivity index (χ0n) is 10.4. The van der Waals surface area contributed by atoms with E-state index in [9.17, 15) is 9.18 Å². The Hall–Kier alpha value is -1.94. The summed E-state index contributed by atoms with van der Waals surface area (Å²) in [6.07, 6.45) is 3.91. The van der Waals surface area contributed by atoms with Crippen molar-refractivity contribution >= 4 is 0 Å². The smallest absolute Gasteiger partial charge is 0.255 e. The predicted octanol–water partition coefficient (Wildman–Crippen LogP) is 2.37. The minimum atomic E-state index is -0.515. The molecule has 0 amide bonds. The van der Waals surface area contributed by atoms with Crippen LogP contribution in [0, 0.1) is 5.82 Å². The van der Waals surface area contributed by atoms with Crippen molar-refractivity contribution in [2.45, 2.75) is 24.9 Å². The van der Waals surface area contributed by atoms with Crippen LogP contribution >= 0.6 is 0 Å². The third-order valence-corrected chi connectivity index (χ3v) is 3.51. The number of nitrogens with two attached hydrogens (primary N) is 1. The molecule has 1 fully saturated rings. The molecule has 3 rings (SSSR count). The van der Waals surface area contributed by atoms with E-state index in [0.717, 1.165) is 18.4 Å². The maximum absolute atomic E-state index is 12.9. The molecule has 1 atom stereocenters. The normalized spacial score (nSPS) is 16.3. The third kappa shape index (κ3) is 2.31. The van der Waals surface area contributed by atoms with Gasteiger partial charge in [-0.1, -0.05) is 18.2 Å². The molecular formula is C15H15FN2O. The van der Waals surface area contributed by atoms with Crippen LogP contribution in [0.5, 0.6) is 0 Å². The first kappa shape index (κ1) is 12.1. The van der Waals surface area contributed by atoms with Gasteiger partial charge in [0.05, 0.1) is 6.04 Å². The number of rotatable bonds is 3. The maximum Gasteiger partial charge on any atom is 0.255 e. The van der Waals surface area contributed by atoms with Crippen molar-refractivity contribution in [2.75, 3.05) is 0 Å². The van der Waals surface area contributed by atoms with Crippen molar-refractivity contribution in [3.63, 3.8) is 0 Å². The van der Waals surface area contributed by atoms with Gasteiger partial charge in [0.25, 0.3) is 5.56 Å². The molecule has 0 aliphatic heterocycles. The van der Waals surface area contributed by atoms with Crippen LogP contribution in [0.1, 0.15) is 36.1 Å². The van der Waals surface area contributed by atoms with Gasteiger partial charge in [-0.05, 0) is 36.6 Å². The summed E-state index contributed by atoms with van der Waals surface area (Å²) in [5.41, 5.74) is 7.38. The summed E-state index contributed by atoms with van der Waals surface area (Å²) in [6, 6.07) is 9.36. The molecule has 1 aliphatic carbocycles. The Morgan fingerprint density at radius 3 is 2.53 bits per heavy atom. The Morgan fingerprint density at radius 2 is 1.89 bits per heavy atom. The molecule has 19 heavy (non-hydrogen) atoms. The minimum absolute atomic E-state index is 0.0400. The molecule has 3 nitrogen and oxygen atoms in total. The molecular weight excluding hydrogens is 243 g/mol. The molecule has 2 N–H and O–H groups in total. The predicted molar refractivity (Wildman–Crippen MR) is 71.4 cm³/mol. The van der Waals surface area contributed by atoms with Crippen molar-refractivity contribution in [1.82, 2.24) is 4.57 Å². The fourth-order valence-electron chi connectivity index (χ4n) is 2.25. The maximum atomic E-state index is 12.9. The van der Waals surface area contributed by atoms with Gasteiger partial charge in [-0.25, -0.2) is 4.39 Å². The highest BCUT2D eigenvalue weighted by molar-refractivity contribution is 5.30. The average molecular weight is 258 g/mol. The van der Waals surface area contributed by atoms with Crippen LogP contribution in [0.2, 0.25) is 0 Å². The summed E-state index contributed by atoms with van der Waals surface area (Å²) in [6.45, 7) is 0. The molecule has 1 saturated carbocycles. The lowest BCUT2D eigenvalue weighted by Crippen LogP contribution is -2.27. The summed E-state index contributed by atoms with van der Waals surface area (Å²) in [5, 5.41) is 0. The number of benzene rings is 1. The van der Waals surface area contributed by atoms with Gasteiger partial charge in [-0.2, -0.15) is 0 Å². The van der Waals surface area contributed by atoms with Gasteiger partial charge in [-0.15, -0.1) is 0 Å². The summed E-state index contributed by atoms with van der Waals surface area (Å²) in [5.74, 6) is -0.306. The van der Waals surface area contributed by atoms with Crippen molar-refractivity contribution in [1.29, 1.82) is 0 Å². The fourth-order valence-corrected chi connectivity index (χ4v) is 2.25. The number of pyridine rings is 1. The van der Waals surface area contributed by atoms with E-state index in [4.69, 9.17) is 5.73 Å². The van der Waals surface area contributed by atoms with Gasteiger partial charge in [0, 0.05) is 17.8 Å². The lowest BCUT2D eigenvalue weighted by Gasteiger charge is -2.13. The Morgan fingerprint density at radius 1 is 1.21 bits per heavy atom. The Balaban J connectivity index is 1.99. The molecule has 2 aromatic rings. The lowest BCUT2D eigenvalue weighted by atomic mass is 10.0. The number of aromatic nitrogens is 1. The SMILES string of the molecule is NC(c1ccc(F)cc1)c1cccn(C2CC2)c1=O. The molecule has 0 saturated heterocycles. The van der Waals surface area contributed by atoms with Crippen molar-refractivity contribution in [3.05, 3.63) is 69.9 Å². The van der Waals surface area contributed by atoms with E-state index in [1.54, 1.807) is 29.0 Å². The first-order chi connectivity index (χ1) is 9.16. The summed E-state index contributed by atoms with van der Waals surface area (Å²) < 4.78 is 14.7. The van der Waals surface area contributed by atoms with Gasteiger partial charge >= 0.3 is 0 Å². The van der Waals surface area contributed by atoms with Crippen LogP contribution in [0.4, 0.5) is 4.39 Å². The monoisotopic (exact) mass is 258 g/mol. The Bertz CT molecular complexity index is 644. The molecule has 98 valence electrons. The van der Waals surface area contributed by atoms with Crippen LogP contribution in [-0.2, 0) is 0 Å². The molecule has 0 bridgehead atoms. The van der Waals surface area contributed by atoms with Crippen LogP contribution in [0.15, 0.2) is 47.4 Å². The Labute approximate surface area is 110 Å². The van der Waals surface area contributed by atoms with Crippen LogP contribution < -0.4 is 11.3 Å². The van der Waals surface area contributed by atoms with Crippen LogP contribution in [0.3, 0.4) is 0 Å². The highest BCUT2D eigenvalue weighted by Crippen LogP contribution is 2.33. The van der Waals surface area contributed by atoms with E-state index < -0.39 is 6.04 Å². The van der Waals surface area contributed by atoms with Gasteiger partial charge in [0.15, 0.2) is 0 Å². The summed E-state index contributed by atoms with van der Waals surface area (Å²) in [4.78, 5) is 12.3. The highest BCUT2D eigenvalue weighted by Gasteiger charge is 2.25. The number of halogens is 1. The van der Waals surface area contributed by atoms with E-state index in [2.05, 4.69) is 0 Å². The largest absolute Gasteiger partial charge is 0.320 e. The van der Waals surface area contributed by atoms with Crippen molar-refractivity contribution in [3.8, 4) is 0 Å². The highest BCUT2D eigenvalue weighted by atomic mass is 19.1. The summed E-state index contributed by atoms with van der Waals surface area (Å²) in [7, 11) is 0. The van der Waals surface area contributed by atoms with Crippen molar-refractivity contribution < 1.29 is 4.39 Å². The number of nitrogens with zero attached hydrogens (tertiary/aromatic N) is 1. The van der Waals surface area contributed by atoms with Gasteiger partial charge in [0.2, 0.25) is 0 Å². The second kappa shape index (κ2) is 4.63.